The van der Waals surface area contributed by atoms with E-state index in [0.717, 1.165) is 11.1 Å². The highest BCUT2D eigenvalue weighted by Crippen LogP contribution is 2.38. The van der Waals surface area contributed by atoms with Gasteiger partial charge in [-0.25, -0.2) is 0 Å². The maximum absolute atomic E-state index is 12.5. The van der Waals surface area contributed by atoms with Crippen molar-refractivity contribution in [2.75, 3.05) is 26.6 Å². The number of hydrogen-bond donors (Lipinski definition) is 1. The molecule has 0 aliphatic rings. The van der Waals surface area contributed by atoms with Gasteiger partial charge in [-0.1, -0.05) is 48.0 Å². The zero-order valence-corrected chi connectivity index (χ0v) is 19.5. The highest BCUT2D eigenvalue weighted by molar-refractivity contribution is 6.31. The molecule has 0 aliphatic heterocycles. The van der Waals surface area contributed by atoms with Crippen LogP contribution in [0.25, 0.3) is 0 Å². The first-order chi connectivity index (χ1) is 16.0. The topological polar surface area (TPSA) is 80.6 Å². The van der Waals surface area contributed by atoms with Gasteiger partial charge in [0.15, 0.2) is 11.5 Å². The smallest absolute Gasteiger partial charge is 0.224 e. The molecule has 0 heterocycles. The number of aryl methyl sites for hydroxylation is 1. The molecular weight excluding hydrogens is 440 g/mol. The highest BCUT2D eigenvalue weighted by Gasteiger charge is 2.17. The van der Waals surface area contributed by atoms with Gasteiger partial charge < -0.3 is 19.5 Å². The van der Waals surface area contributed by atoms with Crippen LogP contribution in [-0.4, -0.2) is 27.2 Å². The van der Waals surface area contributed by atoms with E-state index in [9.17, 15) is 10.1 Å². The number of anilines is 1. The number of methoxy groups -OCH3 is 3. The van der Waals surface area contributed by atoms with Crippen molar-refractivity contribution in [1.29, 1.82) is 5.26 Å². The van der Waals surface area contributed by atoms with Crippen molar-refractivity contribution in [2.24, 2.45) is 0 Å². The number of nitriles is 1. The Kier molecular flexibility index (Phi) is 8.17. The molecule has 3 aromatic carbocycles. The van der Waals surface area contributed by atoms with Crippen LogP contribution in [0.5, 0.6) is 17.2 Å². The van der Waals surface area contributed by atoms with Crippen molar-refractivity contribution >= 4 is 23.2 Å². The summed E-state index contributed by atoms with van der Waals surface area (Å²) >= 11 is 6.46. The Morgan fingerprint density at radius 3 is 2.21 bits per heavy atom. The van der Waals surface area contributed by atoms with Gasteiger partial charge in [0.05, 0.1) is 33.3 Å². The molecule has 1 amide bonds. The summed E-state index contributed by atoms with van der Waals surface area (Å²) in [5.41, 5.74) is 3.01. The van der Waals surface area contributed by atoms with Gasteiger partial charge in [-0.3, -0.25) is 4.79 Å². The second-order valence-electron chi connectivity index (χ2n) is 7.29. The minimum Gasteiger partial charge on any atom is -0.493 e. The highest BCUT2D eigenvalue weighted by atomic mass is 35.5. The number of benzene rings is 3. The normalized spacial score (nSPS) is 11.2. The fraction of sp³-hybridized carbons (Fsp3) is 0.231. The Morgan fingerprint density at radius 2 is 1.67 bits per heavy atom. The van der Waals surface area contributed by atoms with Gasteiger partial charge in [-0.2, -0.15) is 5.26 Å². The molecule has 0 spiro atoms. The molecule has 0 aromatic heterocycles. The van der Waals surface area contributed by atoms with E-state index in [1.165, 1.54) is 0 Å². The van der Waals surface area contributed by atoms with E-state index < -0.39 is 5.92 Å². The summed E-state index contributed by atoms with van der Waals surface area (Å²) in [7, 11) is 4.65. The molecule has 1 unspecified atom stereocenters. The second kappa shape index (κ2) is 11.3. The van der Waals surface area contributed by atoms with E-state index in [2.05, 4.69) is 11.4 Å². The van der Waals surface area contributed by atoms with Crippen molar-refractivity contribution in [3.8, 4) is 23.3 Å². The van der Waals surface area contributed by atoms with Crippen LogP contribution in [0, 0.1) is 11.3 Å². The zero-order chi connectivity index (χ0) is 23.8. The van der Waals surface area contributed by atoms with Crippen LogP contribution < -0.4 is 19.5 Å². The molecule has 7 heteroatoms. The van der Waals surface area contributed by atoms with Crippen molar-refractivity contribution in [1.82, 2.24) is 0 Å². The first-order valence-electron chi connectivity index (χ1n) is 10.3. The molecule has 3 aromatic rings. The van der Waals surface area contributed by atoms with Crippen LogP contribution in [0.4, 0.5) is 5.69 Å². The molecule has 33 heavy (non-hydrogen) atoms. The number of rotatable bonds is 9. The van der Waals surface area contributed by atoms with Gasteiger partial charge in [-0.05, 0) is 47.4 Å². The fourth-order valence-corrected chi connectivity index (χ4v) is 3.86. The van der Waals surface area contributed by atoms with E-state index in [-0.39, 0.29) is 12.3 Å². The Labute approximate surface area is 198 Å². The summed E-state index contributed by atoms with van der Waals surface area (Å²) in [5, 5.41) is 12.9. The van der Waals surface area contributed by atoms with Gasteiger partial charge in [0.1, 0.15) is 0 Å². The first kappa shape index (κ1) is 24.0. The van der Waals surface area contributed by atoms with Crippen LogP contribution in [0.15, 0.2) is 60.7 Å². The Bertz CT molecular complexity index is 1130. The number of amides is 1. The van der Waals surface area contributed by atoms with E-state index >= 15 is 0 Å². The number of nitrogens with zero attached hydrogens (tertiary/aromatic N) is 1. The summed E-state index contributed by atoms with van der Waals surface area (Å²) in [6.07, 6.45) is 0.738. The number of halogens is 1. The molecular formula is C26H25ClN2O4. The maximum Gasteiger partial charge on any atom is 0.224 e. The largest absolute Gasteiger partial charge is 0.493 e. The third-order valence-corrected chi connectivity index (χ3v) is 5.55. The Balaban J connectivity index is 1.68. The number of carbonyl (C=O) groups excluding carboxylic acids is 1. The number of nitrogens with one attached hydrogen (secondary N) is 1. The van der Waals surface area contributed by atoms with E-state index in [1.54, 1.807) is 39.5 Å². The van der Waals surface area contributed by atoms with Crippen molar-refractivity contribution < 1.29 is 19.0 Å². The summed E-state index contributed by atoms with van der Waals surface area (Å²) in [4.78, 5) is 12.5. The van der Waals surface area contributed by atoms with Crippen LogP contribution in [0.2, 0.25) is 5.02 Å². The summed E-state index contributed by atoms with van der Waals surface area (Å²) in [6.45, 7) is 0. The predicted molar refractivity (Wildman–Crippen MR) is 128 cm³/mol. The summed E-state index contributed by atoms with van der Waals surface area (Å²) in [6, 6.07) is 20.6. The molecule has 0 saturated heterocycles. The molecule has 0 aliphatic carbocycles. The quantitative estimate of drug-likeness (QED) is 0.446. The lowest BCUT2D eigenvalue weighted by Gasteiger charge is -2.15. The van der Waals surface area contributed by atoms with Crippen LogP contribution >= 0.6 is 11.6 Å². The molecule has 6 nitrogen and oxygen atoms in total. The van der Waals surface area contributed by atoms with Crippen molar-refractivity contribution in [3.63, 3.8) is 0 Å². The van der Waals surface area contributed by atoms with Gasteiger partial charge in [0.25, 0.3) is 0 Å². The molecule has 0 saturated carbocycles. The fourth-order valence-electron chi connectivity index (χ4n) is 3.57. The van der Waals surface area contributed by atoms with Crippen molar-refractivity contribution in [3.05, 3.63) is 82.4 Å². The lowest BCUT2D eigenvalue weighted by molar-refractivity contribution is -0.116. The van der Waals surface area contributed by atoms with E-state index in [0.29, 0.717) is 39.9 Å². The predicted octanol–water partition coefficient (Wildman–Crippen LogP) is 5.59. The molecule has 0 fully saturated rings. The van der Waals surface area contributed by atoms with Crippen LogP contribution in [0.3, 0.4) is 0 Å². The average molecular weight is 465 g/mol. The van der Waals surface area contributed by atoms with E-state index in [1.807, 2.05) is 42.5 Å². The van der Waals surface area contributed by atoms with Crippen LogP contribution in [0.1, 0.15) is 29.0 Å². The average Bonchev–Trinajstić information content (AvgIpc) is 2.84. The molecule has 0 radical (unpaired) electrons. The standard InChI is InChI=1S/C26H25ClN2O4/c1-31-23-13-17(14-24(32-2)26(23)33-3)9-12-25(30)29-19-10-11-20(22(27)15-19)21(16-28)18-7-5-4-6-8-18/h4-8,10-11,13-15,21H,9,12H2,1-3H3,(H,29,30). The monoisotopic (exact) mass is 464 g/mol. The zero-order valence-electron chi connectivity index (χ0n) is 18.7. The first-order valence-corrected chi connectivity index (χ1v) is 10.7. The Hall–Kier alpha value is -3.69. The van der Waals surface area contributed by atoms with E-state index in [4.69, 9.17) is 25.8 Å². The molecule has 1 N–H and O–H groups in total. The van der Waals surface area contributed by atoms with Gasteiger partial charge in [0.2, 0.25) is 11.7 Å². The maximum atomic E-state index is 12.5. The van der Waals surface area contributed by atoms with Crippen LogP contribution in [-0.2, 0) is 11.2 Å². The summed E-state index contributed by atoms with van der Waals surface area (Å²) < 4.78 is 16.1. The molecule has 3 rings (SSSR count). The number of carbonyl (C=O) groups is 1. The molecule has 0 bridgehead atoms. The number of ether oxygens (including phenoxy) is 3. The van der Waals surface area contributed by atoms with Gasteiger partial charge >= 0.3 is 0 Å². The van der Waals surface area contributed by atoms with Gasteiger partial charge in [-0.15, -0.1) is 0 Å². The SMILES string of the molecule is COc1cc(CCC(=O)Nc2ccc(C(C#N)c3ccccc3)c(Cl)c2)cc(OC)c1OC. The lowest BCUT2D eigenvalue weighted by Crippen LogP contribution is -2.12. The minimum atomic E-state index is -0.483. The Morgan fingerprint density at radius 1 is 1.00 bits per heavy atom. The molecule has 1 atom stereocenters. The van der Waals surface area contributed by atoms with Gasteiger partial charge in [0, 0.05) is 17.1 Å². The summed E-state index contributed by atoms with van der Waals surface area (Å²) in [5.74, 6) is 0.949. The third kappa shape index (κ3) is 5.76. The minimum absolute atomic E-state index is 0.160. The third-order valence-electron chi connectivity index (χ3n) is 5.22. The van der Waals surface area contributed by atoms with Crippen molar-refractivity contribution in [2.45, 2.75) is 18.8 Å². The lowest BCUT2D eigenvalue weighted by atomic mass is 9.92. The number of hydrogen-bond acceptors (Lipinski definition) is 5. The second-order valence-corrected chi connectivity index (χ2v) is 7.70. The molecule has 170 valence electrons.